The average molecular weight is 244 g/mol. The Morgan fingerprint density at radius 3 is 2.53 bits per heavy atom. The number of hydrogen-bond donors (Lipinski definition) is 3. The molecule has 0 radical (unpaired) electrons. The van der Waals surface area contributed by atoms with E-state index in [1.807, 2.05) is 0 Å². The van der Waals surface area contributed by atoms with E-state index < -0.39 is 23.6 Å². The predicted molar refractivity (Wildman–Crippen MR) is 59.8 cm³/mol. The molecule has 0 aliphatic carbocycles. The van der Waals surface area contributed by atoms with Crippen molar-refractivity contribution in [3.05, 3.63) is 32.6 Å². The van der Waals surface area contributed by atoms with E-state index in [0.717, 1.165) is 0 Å². The molecule has 1 heterocycles. The largest absolute Gasteiger partial charge is 0.394 e. The zero-order chi connectivity index (χ0) is 13.0. The second-order valence-electron chi connectivity index (χ2n) is 3.70. The van der Waals surface area contributed by atoms with Crippen molar-refractivity contribution < 1.29 is 14.9 Å². The summed E-state index contributed by atoms with van der Waals surface area (Å²) in [6.45, 7) is 2.45. The standard InChI is InChI=1S/C10H16N2O5/c1-6-3-12(10(16)11-9(6)15)7(2)17-8(4-13)5-14/h3,7-8,13-14H,4-5H2,1-2H3,(H,11,15,16). The van der Waals surface area contributed by atoms with Crippen LogP contribution in [-0.4, -0.2) is 39.1 Å². The van der Waals surface area contributed by atoms with Gasteiger partial charge in [0.1, 0.15) is 12.3 Å². The smallest absolute Gasteiger partial charge is 0.330 e. The van der Waals surface area contributed by atoms with Crippen LogP contribution in [0.2, 0.25) is 0 Å². The van der Waals surface area contributed by atoms with Gasteiger partial charge in [0.25, 0.3) is 5.56 Å². The predicted octanol–water partition coefficient (Wildman–Crippen LogP) is -1.27. The first kappa shape index (κ1) is 13.6. The molecule has 7 nitrogen and oxygen atoms in total. The van der Waals surface area contributed by atoms with Gasteiger partial charge >= 0.3 is 5.69 Å². The molecule has 96 valence electrons. The zero-order valence-electron chi connectivity index (χ0n) is 9.71. The highest BCUT2D eigenvalue weighted by atomic mass is 16.5. The second-order valence-corrected chi connectivity index (χ2v) is 3.70. The van der Waals surface area contributed by atoms with Gasteiger partial charge in [0, 0.05) is 11.8 Å². The monoisotopic (exact) mass is 244 g/mol. The molecule has 0 amide bonds. The Labute approximate surface area is 97.3 Å². The number of nitrogens with one attached hydrogen (secondary N) is 1. The molecule has 0 aliphatic heterocycles. The van der Waals surface area contributed by atoms with Crippen molar-refractivity contribution >= 4 is 0 Å². The summed E-state index contributed by atoms with van der Waals surface area (Å²) < 4.78 is 6.44. The van der Waals surface area contributed by atoms with Gasteiger partial charge < -0.3 is 14.9 Å². The van der Waals surface area contributed by atoms with Gasteiger partial charge in [0.2, 0.25) is 0 Å². The zero-order valence-corrected chi connectivity index (χ0v) is 9.71. The highest BCUT2D eigenvalue weighted by molar-refractivity contribution is 5.01. The van der Waals surface area contributed by atoms with Gasteiger partial charge in [-0.1, -0.05) is 0 Å². The Bertz CT molecular complexity index is 474. The van der Waals surface area contributed by atoms with Crippen molar-refractivity contribution in [3.8, 4) is 0 Å². The fraction of sp³-hybridized carbons (Fsp3) is 0.600. The van der Waals surface area contributed by atoms with Crippen molar-refractivity contribution in [2.45, 2.75) is 26.2 Å². The maximum absolute atomic E-state index is 11.5. The van der Waals surface area contributed by atoms with E-state index in [1.165, 1.54) is 10.8 Å². The normalized spacial score (nSPS) is 13.0. The summed E-state index contributed by atoms with van der Waals surface area (Å²) in [4.78, 5) is 24.8. The summed E-state index contributed by atoms with van der Waals surface area (Å²) in [5.74, 6) is 0. The number of rotatable bonds is 5. The molecule has 1 aromatic rings. The first-order valence-corrected chi connectivity index (χ1v) is 5.18. The molecular formula is C10H16N2O5. The second kappa shape index (κ2) is 5.76. The van der Waals surface area contributed by atoms with Crippen LogP contribution in [0.4, 0.5) is 0 Å². The van der Waals surface area contributed by atoms with Crippen LogP contribution >= 0.6 is 0 Å². The topological polar surface area (TPSA) is 105 Å². The van der Waals surface area contributed by atoms with Crippen LogP contribution in [0, 0.1) is 6.92 Å². The highest BCUT2D eigenvalue weighted by Gasteiger charge is 2.14. The Morgan fingerprint density at radius 1 is 1.41 bits per heavy atom. The molecule has 7 heteroatoms. The Morgan fingerprint density at radius 2 is 2.00 bits per heavy atom. The summed E-state index contributed by atoms with van der Waals surface area (Å²) in [7, 11) is 0. The number of nitrogens with zero attached hydrogens (tertiary/aromatic N) is 1. The maximum Gasteiger partial charge on any atom is 0.330 e. The van der Waals surface area contributed by atoms with Gasteiger partial charge in [0.05, 0.1) is 13.2 Å². The molecule has 0 fully saturated rings. The molecule has 17 heavy (non-hydrogen) atoms. The van der Waals surface area contributed by atoms with E-state index >= 15 is 0 Å². The molecule has 1 aromatic heterocycles. The quantitative estimate of drug-likeness (QED) is 0.599. The van der Waals surface area contributed by atoms with Crippen LogP contribution in [0.3, 0.4) is 0 Å². The van der Waals surface area contributed by atoms with E-state index in [0.29, 0.717) is 5.56 Å². The van der Waals surface area contributed by atoms with Gasteiger partial charge in [-0.3, -0.25) is 14.3 Å². The molecule has 1 atom stereocenters. The molecule has 1 rings (SSSR count). The van der Waals surface area contributed by atoms with Crippen LogP contribution in [-0.2, 0) is 4.74 Å². The van der Waals surface area contributed by atoms with E-state index in [-0.39, 0.29) is 13.2 Å². The van der Waals surface area contributed by atoms with Crippen LogP contribution < -0.4 is 11.2 Å². The van der Waals surface area contributed by atoms with Crippen LogP contribution in [0.1, 0.15) is 18.7 Å². The van der Waals surface area contributed by atoms with Crippen molar-refractivity contribution in [3.63, 3.8) is 0 Å². The molecule has 0 saturated heterocycles. The number of aryl methyl sites for hydroxylation is 1. The lowest BCUT2D eigenvalue weighted by Crippen LogP contribution is -2.35. The summed E-state index contributed by atoms with van der Waals surface area (Å²) in [5.41, 5.74) is -0.661. The minimum absolute atomic E-state index is 0.349. The Kier molecular flexibility index (Phi) is 4.62. The number of aromatic amines is 1. The minimum atomic E-state index is -0.760. The average Bonchev–Trinajstić information content (AvgIpc) is 2.30. The number of hydrogen-bond acceptors (Lipinski definition) is 5. The molecule has 0 bridgehead atoms. The molecule has 1 unspecified atom stereocenters. The lowest BCUT2D eigenvalue weighted by molar-refractivity contribution is -0.0871. The lowest BCUT2D eigenvalue weighted by atomic mass is 10.3. The SMILES string of the molecule is Cc1cn(C(C)OC(CO)CO)c(=O)[nH]c1=O. The molecule has 0 saturated carbocycles. The van der Waals surface area contributed by atoms with Gasteiger partial charge in [0.15, 0.2) is 0 Å². The third-order valence-corrected chi connectivity index (χ3v) is 2.33. The van der Waals surface area contributed by atoms with Gasteiger partial charge in [-0.05, 0) is 13.8 Å². The summed E-state index contributed by atoms with van der Waals surface area (Å²) in [6, 6.07) is 0. The van der Waals surface area contributed by atoms with Crippen molar-refractivity contribution in [1.29, 1.82) is 0 Å². The van der Waals surface area contributed by atoms with Gasteiger partial charge in [-0.15, -0.1) is 0 Å². The lowest BCUT2D eigenvalue weighted by Gasteiger charge is -2.20. The third-order valence-electron chi connectivity index (χ3n) is 2.33. The molecule has 3 N–H and O–H groups in total. The van der Waals surface area contributed by atoms with E-state index in [1.54, 1.807) is 13.8 Å². The number of ether oxygens (including phenoxy) is 1. The van der Waals surface area contributed by atoms with Gasteiger partial charge in [-0.25, -0.2) is 4.79 Å². The van der Waals surface area contributed by atoms with Crippen LogP contribution in [0.15, 0.2) is 15.8 Å². The molecule has 0 aliphatic rings. The van der Waals surface area contributed by atoms with Crippen LogP contribution in [0.25, 0.3) is 0 Å². The van der Waals surface area contributed by atoms with Crippen LogP contribution in [0.5, 0.6) is 0 Å². The van der Waals surface area contributed by atoms with E-state index in [2.05, 4.69) is 4.98 Å². The fourth-order valence-electron chi connectivity index (χ4n) is 1.34. The van der Waals surface area contributed by atoms with E-state index in [4.69, 9.17) is 14.9 Å². The molecule has 0 spiro atoms. The first-order valence-electron chi connectivity index (χ1n) is 5.18. The fourth-order valence-corrected chi connectivity index (χ4v) is 1.34. The number of aliphatic hydroxyl groups excluding tert-OH is 2. The van der Waals surface area contributed by atoms with Crippen molar-refractivity contribution in [2.75, 3.05) is 13.2 Å². The highest BCUT2D eigenvalue weighted by Crippen LogP contribution is 2.07. The Hall–Kier alpha value is -1.44. The molecule has 0 aromatic carbocycles. The summed E-state index contributed by atoms with van der Waals surface area (Å²) >= 11 is 0. The van der Waals surface area contributed by atoms with E-state index in [9.17, 15) is 9.59 Å². The number of H-pyrrole nitrogens is 1. The Balaban J connectivity index is 2.96. The molecular weight excluding hydrogens is 228 g/mol. The number of aliphatic hydroxyl groups is 2. The van der Waals surface area contributed by atoms with Gasteiger partial charge in [-0.2, -0.15) is 0 Å². The number of aromatic nitrogens is 2. The maximum atomic E-state index is 11.5. The summed E-state index contributed by atoms with van der Waals surface area (Å²) in [5, 5.41) is 17.7. The third kappa shape index (κ3) is 3.26. The van der Waals surface area contributed by atoms with Crippen molar-refractivity contribution in [1.82, 2.24) is 9.55 Å². The minimum Gasteiger partial charge on any atom is -0.394 e. The first-order chi connectivity index (χ1) is 7.99. The van der Waals surface area contributed by atoms with Crippen molar-refractivity contribution in [2.24, 2.45) is 0 Å². The summed E-state index contributed by atoms with van der Waals surface area (Å²) in [6.07, 6.45) is -0.0797.